The summed E-state index contributed by atoms with van der Waals surface area (Å²) in [5.74, 6) is -0.215. The van der Waals surface area contributed by atoms with E-state index < -0.39 is 5.82 Å². The van der Waals surface area contributed by atoms with Gasteiger partial charge in [-0.15, -0.1) is 0 Å². The number of benzene rings is 1. The maximum absolute atomic E-state index is 13.1. The SMILES string of the molecule is N#Cc1cc(COC2CCC(=O)CC2)ccc1F. The second-order valence-electron chi connectivity index (χ2n) is 4.48. The third kappa shape index (κ3) is 3.14. The largest absolute Gasteiger partial charge is 0.374 e. The predicted molar refractivity (Wildman–Crippen MR) is 63.2 cm³/mol. The molecule has 1 aromatic rings. The van der Waals surface area contributed by atoms with Gasteiger partial charge in [0.05, 0.1) is 18.3 Å². The van der Waals surface area contributed by atoms with Crippen LogP contribution in [0.25, 0.3) is 0 Å². The van der Waals surface area contributed by atoms with Gasteiger partial charge in [-0.2, -0.15) is 5.26 Å². The van der Waals surface area contributed by atoms with Gasteiger partial charge in [0.15, 0.2) is 0 Å². The highest BCUT2D eigenvalue weighted by Crippen LogP contribution is 2.20. The summed E-state index contributed by atoms with van der Waals surface area (Å²) >= 11 is 0. The number of nitrogens with zero attached hydrogens (tertiary/aromatic N) is 1. The Hall–Kier alpha value is -1.73. The normalized spacial score (nSPS) is 16.6. The molecule has 2 rings (SSSR count). The van der Waals surface area contributed by atoms with E-state index in [9.17, 15) is 9.18 Å². The Labute approximate surface area is 105 Å². The third-order valence-electron chi connectivity index (χ3n) is 3.13. The van der Waals surface area contributed by atoms with Crippen molar-refractivity contribution in [1.29, 1.82) is 5.26 Å². The Kier molecular flexibility index (Phi) is 4.06. The van der Waals surface area contributed by atoms with Gasteiger partial charge in [0.25, 0.3) is 0 Å². The lowest BCUT2D eigenvalue weighted by Crippen LogP contribution is -2.21. The number of ether oxygens (including phenoxy) is 1. The van der Waals surface area contributed by atoms with Crippen LogP contribution in [0.4, 0.5) is 4.39 Å². The standard InChI is InChI=1S/C14H14FNO2/c15-14-6-1-10(7-11(14)8-16)9-18-13-4-2-12(17)3-5-13/h1,6-7,13H,2-5,9H2. The van der Waals surface area contributed by atoms with Gasteiger partial charge in [0, 0.05) is 12.8 Å². The van der Waals surface area contributed by atoms with Crippen molar-refractivity contribution in [1.82, 2.24) is 0 Å². The predicted octanol–water partition coefficient (Wildman–Crippen LogP) is 2.73. The molecule has 0 aromatic heterocycles. The molecular formula is C14H14FNO2. The molecule has 1 aliphatic rings. The number of hydrogen-bond donors (Lipinski definition) is 0. The number of ketones is 1. The molecule has 1 fully saturated rings. The minimum absolute atomic E-state index is 0.0370. The van der Waals surface area contributed by atoms with Crippen LogP contribution in [-0.2, 0) is 16.1 Å². The molecule has 0 aliphatic heterocycles. The lowest BCUT2D eigenvalue weighted by molar-refractivity contribution is -0.123. The minimum atomic E-state index is -0.510. The summed E-state index contributed by atoms with van der Waals surface area (Å²) < 4.78 is 18.8. The van der Waals surface area contributed by atoms with Crippen LogP contribution in [0.15, 0.2) is 18.2 Å². The van der Waals surface area contributed by atoms with Crippen molar-refractivity contribution in [3.8, 4) is 6.07 Å². The summed E-state index contributed by atoms with van der Waals surface area (Å²) in [6.07, 6.45) is 2.77. The van der Waals surface area contributed by atoms with Crippen LogP contribution >= 0.6 is 0 Å². The molecule has 1 aromatic carbocycles. The number of carbonyl (C=O) groups is 1. The van der Waals surface area contributed by atoms with E-state index in [0.717, 1.165) is 18.4 Å². The molecule has 0 heterocycles. The molecule has 3 nitrogen and oxygen atoms in total. The highest BCUT2D eigenvalue weighted by Gasteiger charge is 2.19. The van der Waals surface area contributed by atoms with Crippen LogP contribution in [0.5, 0.6) is 0 Å². The van der Waals surface area contributed by atoms with Crippen LogP contribution in [0.3, 0.4) is 0 Å². The average Bonchev–Trinajstić information content (AvgIpc) is 2.39. The zero-order chi connectivity index (χ0) is 13.0. The van der Waals surface area contributed by atoms with Crippen LogP contribution in [-0.4, -0.2) is 11.9 Å². The second kappa shape index (κ2) is 5.74. The molecule has 0 N–H and O–H groups in total. The van der Waals surface area contributed by atoms with E-state index in [0.29, 0.717) is 25.2 Å². The van der Waals surface area contributed by atoms with Gasteiger partial charge < -0.3 is 4.74 Å². The summed E-state index contributed by atoms with van der Waals surface area (Å²) in [6, 6.07) is 6.20. The molecule has 0 atom stereocenters. The Bertz CT molecular complexity index is 483. The highest BCUT2D eigenvalue weighted by atomic mass is 19.1. The number of rotatable bonds is 3. The summed E-state index contributed by atoms with van der Waals surface area (Å²) in [5, 5.41) is 8.72. The summed E-state index contributed by atoms with van der Waals surface area (Å²) in [7, 11) is 0. The van der Waals surface area contributed by atoms with E-state index in [2.05, 4.69) is 0 Å². The van der Waals surface area contributed by atoms with Gasteiger partial charge in [-0.3, -0.25) is 4.79 Å². The summed E-state index contributed by atoms with van der Waals surface area (Å²) in [5.41, 5.74) is 0.819. The monoisotopic (exact) mass is 247 g/mol. The van der Waals surface area contributed by atoms with E-state index in [4.69, 9.17) is 10.00 Å². The zero-order valence-electron chi connectivity index (χ0n) is 9.99. The van der Waals surface area contributed by atoms with E-state index in [-0.39, 0.29) is 11.7 Å². The first-order chi connectivity index (χ1) is 8.69. The van der Waals surface area contributed by atoms with Gasteiger partial charge >= 0.3 is 0 Å². The molecule has 94 valence electrons. The molecule has 18 heavy (non-hydrogen) atoms. The quantitative estimate of drug-likeness (QED) is 0.825. The first kappa shape index (κ1) is 12.7. The molecule has 0 bridgehead atoms. The maximum atomic E-state index is 13.1. The molecule has 1 saturated carbocycles. The third-order valence-corrected chi connectivity index (χ3v) is 3.13. The first-order valence-corrected chi connectivity index (χ1v) is 6.01. The summed E-state index contributed by atoms with van der Waals surface area (Å²) in [4.78, 5) is 11.1. The van der Waals surface area contributed by atoms with Gasteiger partial charge in [-0.05, 0) is 30.5 Å². The summed E-state index contributed by atoms with van der Waals surface area (Å²) in [6.45, 7) is 0.355. The second-order valence-corrected chi connectivity index (χ2v) is 4.48. The molecule has 0 saturated heterocycles. The fourth-order valence-electron chi connectivity index (χ4n) is 2.04. The number of Topliss-reactive ketones (excluding diaryl/α,β-unsaturated/α-hetero) is 1. The Morgan fingerprint density at radius 1 is 1.39 bits per heavy atom. The first-order valence-electron chi connectivity index (χ1n) is 6.01. The molecule has 4 heteroatoms. The van der Waals surface area contributed by atoms with Crippen LogP contribution in [0, 0.1) is 17.1 Å². The van der Waals surface area contributed by atoms with Crippen molar-refractivity contribution in [2.24, 2.45) is 0 Å². The van der Waals surface area contributed by atoms with Gasteiger partial charge in [-0.25, -0.2) is 4.39 Å². The van der Waals surface area contributed by atoms with Crippen molar-refractivity contribution in [3.05, 3.63) is 35.1 Å². The lowest BCUT2D eigenvalue weighted by atomic mass is 9.96. The number of carbonyl (C=O) groups excluding carboxylic acids is 1. The van der Waals surface area contributed by atoms with E-state index in [1.54, 1.807) is 12.1 Å². The number of hydrogen-bond acceptors (Lipinski definition) is 3. The molecule has 0 spiro atoms. The van der Waals surface area contributed by atoms with Crippen LogP contribution in [0.1, 0.15) is 36.8 Å². The fraction of sp³-hybridized carbons (Fsp3) is 0.429. The maximum Gasteiger partial charge on any atom is 0.140 e. The Morgan fingerprint density at radius 3 is 2.78 bits per heavy atom. The average molecular weight is 247 g/mol. The van der Waals surface area contributed by atoms with Crippen LogP contribution in [0.2, 0.25) is 0 Å². The Balaban J connectivity index is 1.90. The molecule has 1 aliphatic carbocycles. The minimum Gasteiger partial charge on any atom is -0.374 e. The smallest absolute Gasteiger partial charge is 0.140 e. The van der Waals surface area contributed by atoms with Crippen molar-refractivity contribution in [2.75, 3.05) is 0 Å². The molecule has 0 radical (unpaired) electrons. The zero-order valence-corrected chi connectivity index (χ0v) is 9.99. The van der Waals surface area contributed by atoms with Crippen molar-refractivity contribution in [3.63, 3.8) is 0 Å². The topological polar surface area (TPSA) is 50.1 Å². The number of halogens is 1. The van der Waals surface area contributed by atoms with Gasteiger partial charge in [-0.1, -0.05) is 6.07 Å². The molecular weight excluding hydrogens is 233 g/mol. The van der Waals surface area contributed by atoms with E-state index in [1.807, 2.05) is 0 Å². The molecule has 0 amide bonds. The van der Waals surface area contributed by atoms with Gasteiger partial charge in [0.1, 0.15) is 17.7 Å². The lowest BCUT2D eigenvalue weighted by Gasteiger charge is -2.21. The molecule has 0 unspecified atom stereocenters. The number of nitriles is 1. The van der Waals surface area contributed by atoms with Crippen molar-refractivity contribution < 1.29 is 13.9 Å². The van der Waals surface area contributed by atoms with Crippen molar-refractivity contribution >= 4 is 5.78 Å². The Morgan fingerprint density at radius 2 is 2.11 bits per heavy atom. The van der Waals surface area contributed by atoms with Crippen LogP contribution < -0.4 is 0 Å². The van der Waals surface area contributed by atoms with E-state index in [1.165, 1.54) is 12.1 Å². The van der Waals surface area contributed by atoms with Crippen molar-refractivity contribution in [2.45, 2.75) is 38.4 Å². The van der Waals surface area contributed by atoms with E-state index >= 15 is 0 Å². The fourth-order valence-corrected chi connectivity index (χ4v) is 2.04. The highest BCUT2D eigenvalue weighted by molar-refractivity contribution is 5.79. The van der Waals surface area contributed by atoms with Gasteiger partial charge in [0.2, 0.25) is 0 Å².